The molecule has 0 aliphatic heterocycles. The monoisotopic (exact) mass is 383 g/mol. The summed E-state index contributed by atoms with van der Waals surface area (Å²) >= 11 is 11.2. The van der Waals surface area contributed by atoms with Gasteiger partial charge >= 0.3 is 0 Å². The van der Waals surface area contributed by atoms with Crippen LogP contribution in [0.3, 0.4) is 0 Å². The molecule has 0 aliphatic carbocycles. The standard InChI is InChI=1S/C16H18ClN3O2S2/c1-2-10-18-16(23)19-12-6-5-7-13(11-12)24(21,22)20-15-9-4-3-8-14(15)17/h3-9,11,20H,2,10H2,1H3,(H2,18,19,23). The van der Waals surface area contributed by atoms with Crippen molar-refractivity contribution >= 4 is 50.3 Å². The van der Waals surface area contributed by atoms with E-state index in [-0.39, 0.29) is 4.90 Å². The van der Waals surface area contributed by atoms with Crippen molar-refractivity contribution in [2.45, 2.75) is 18.2 Å². The largest absolute Gasteiger partial charge is 0.362 e. The lowest BCUT2D eigenvalue weighted by atomic mass is 10.3. The molecule has 0 saturated heterocycles. The summed E-state index contributed by atoms with van der Waals surface area (Å²) in [6.45, 7) is 2.78. The quantitative estimate of drug-likeness (QED) is 0.661. The molecule has 0 bridgehead atoms. The maximum atomic E-state index is 12.5. The van der Waals surface area contributed by atoms with E-state index in [9.17, 15) is 8.42 Å². The van der Waals surface area contributed by atoms with Gasteiger partial charge in [0.15, 0.2) is 5.11 Å². The van der Waals surface area contributed by atoms with Crippen LogP contribution in [0.25, 0.3) is 0 Å². The zero-order valence-corrected chi connectivity index (χ0v) is 15.4. The van der Waals surface area contributed by atoms with E-state index in [1.807, 2.05) is 6.92 Å². The topological polar surface area (TPSA) is 70.2 Å². The molecule has 128 valence electrons. The normalized spacial score (nSPS) is 10.9. The minimum Gasteiger partial charge on any atom is -0.362 e. The van der Waals surface area contributed by atoms with Crippen LogP contribution in [0.2, 0.25) is 5.02 Å². The zero-order valence-electron chi connectivity index (χ0n) is 13.0. The maximum Gasteiger partial charge on any atom is 0.262 e. The van der Waals surface area contributed by atoms with Gasteiger partial charge in [0.05, 0.1) is 15.6 Å². The van der Waals surface area contributed by atoms with Crippen molar-refractivity contribution in [3.05, 3.63) is 53.6 Å². The molecule has 2 aromatic rings. The third-order valence-corrected chi connectivity index (χ3v) is 5.00. The second-order valence-corrected chi connectivity index (χ2v) is 7.49. The van der Waals surface area contributed by atoms with Crippen LogP contribution in [-0.4, -0.2) is 20.1 Å². The summed E-state index contributed by atoms with van der Waals surface area (Å²) in [6.07, 6.45) is 0.942. The number of halogens is 1. The summed E-state index contributed by atoms with van der Waals surface area (Å²) in [5.74, 6) is 0. The molecule has 2 rings (SSSR count). The first kappa shape index (κ1) is 18.5. The molecule has 24 heavy (non-hydrogen) atoms. The molecule has 0 saturated carbocycles. The summed E-state index contributed by atoms with van der Waals surface area (Å²) in [5, 5.41) is 6.77. The van der Waals surface area contributed by atoms with Crippen LogP contribution in [0.1, 0.15) is 13.3 Å². The highest BCUT2D eigenvalue weighted by atomic mass is 35.5. The van der Waals surface area contributed by atoms with Crippen LogP contribution >= 0.6 is 23.8 Å². The lowest BCUT2D eigenvalue weighted by Gasteiger charge is -2.12. The van der Waals surface area contributed by atoms with Crippen LogP contribution in [0.5, 0.6) is 0 Å². The SMILES string of the molecule is CCCNC(=S)Nc1cccc(S(=O)(=O)Nc2ccccc2Cl)c1. The highest BCUT2D eigenvalue weighted by molar-refractivity contribution is 7.92. The molecule has 0 fully saturated rings. The van der Waals surface area contributed by atoms with E-state index in [1.165, 1.54) is 12.1 Å². The molecular formula is C16H18ClN3O2S2. The van der Waals surface area contributed by atoms with Crippen molar-refractivity contribution in [2.24, 2.45) is 0 Å². The fraction of sp³-hybridized carbons (Fsp3) is 0.188. The van der Waals surface area contributed by atoms with Crippen molar-refractivity contribution in [1.29, 1.82) is 0 Å². The van der Waals surface area contributed by atoms with Crippen molar-refractivity contribution in [2.75, 3.05) is 16.6 Å². The Morgan fingerprint density at radius 2 is 1.92 bits per heavy atom. The number of para-hydroxylation sites is 1. The molecule has 0 atom stereocenters. The highest BCUT2D eigenvalue weighted by Crippen LogP contribution is 2.24. The molecule has 3 N–H and O–H groups in total. The Kier molecular flexibility index (Phi) is 6.42. The number of hydrogen-bond donors (Lipinski definition) is 3. The first-order valence-corrected chi connectivity index (χ1v) is 9.61. The first-order chi connectivity index (χ1) is 11.4. The first-order valence-electron chi connectivity index (χ1n) is 7.34. The van der Waals surface area contributed by atoms with Gasteiger partial charge in [0.25, 0.3) is 10.0 Å². The van der Waals surface area contributed by atoms with Crippen molar-refractivity contribution in [3.63, 3.8) is 0 Å². The van der Waals surface area contributed by atoms with E-state index in [2.05, 4.69) is 15.4 Å². The van der Waals surface area contributed by atoms with Crippen molar-refractivity contribution in [1.82, 2.24) is 5.32 Å². The van der Waals surface area contributed by atoms with Crippen LogP contribution in [0.15, 0.2) is 53.4 Å². The molecular weight excluding hydrogens is 366 g/mol. The van der Waals surface area contributed by atoms with Crippen LogP contribution in [0.4, 0.5) is 11.4 Å². The van der Waals surface area contributed by atoms with Gasteiger partial charge in [-0.15, -0.1) is 0 Å². The number of anilines is 2. The third kappa shape index (κ3) is 5.09. The number of nitrogens with one attached hydrogen (secondary N) is 3. The number of benzene rings is 2. The Hall–Kier alpha value is -1.83. The molecule has 0 aliphatic rings. The molecule has 0 amide bonds. The number of sulfonamides is 1. The van der Waals surface area contributed by atoms with Gasteiger partial charge in [0.1, 0.15) is 0 Å². The average Bonchev–Trinajstić information content (AvgIpc) is 2.55. The summed E-state index contributed by atoms with van der Waals surface area (Å²) < 4.78 is 27.5. The van der Waals surface area contributed by atoms with E-state index in [0.717, 1.165) is 13.0 Å². The van der Waals surface area contributed by atoms with E-state index >= 15 is 0 Å². The second-order valence-electron chi connectivity index (χ2n) is 4.99. The second kappa shape index (κ2) is 8.32. The number of thiocarbonyl (C=S) groups is 1. The molecule has 0 spiro atoms. The number of hydrogen-bond acceptors (Lipinski definition) is 3. The molecule has 2 aromatic carbocycles. The Labute approximate surface area is 152 Å². The number of rotatable bonds is 6. The van der Waals surface area contributed by atoms with Gasteiger partial charge in [-0.1, -0.05) is 36.7 Å². The Balaban J connectivity index is 2.17. The van der Waals surface area contributed by atoms with E-state index in [1.54, 1.807) is 36.4 Å². The molecule has 0 aromatic heterocycles. The van der Waals surface area contributed by atoms with Gasteiger partial charge < -0.3 is 10.6 Å². The van der Waals surface area contributed by atoms with Gasteiger partial charge in [0.2, 0.25) is 0 Å². The van der Waals surface area contributed by atoms with Gasteiger partial charge in [-0.25, -0.2) is 8.42 Å². The van der Waals surface area contributed by atoms with E-state index in [0.29, 0.717) is 21.5 Å². The van der Waals surface area contributed by atoms with Crippen LogP contribution in [-0.2, 0) is 10.0 Å². The van der Waals surface area contributed by atoms with Gasteiger partial charge in [-0.2, -0.15) is 0 Å². The lowest BCUT2D eigenvalue weighted by Crippen LogP contribution is -2.29. The van der Waals surface area contributed by atoms with Gasteiger partial charge in [-0.05, 0) is 49.0 Å². The highest BCUT2D eigenvalue weighted by Gasteiger charge is 2.16. The summed E-state index contributed by atoms with van der Waals surface area (Å²) in [7, 11) is -3.75. The van der Waals surface area contributed by atoms with Crippen molar-refractivity contribution in [3.8, 4) is 0 Å². The minimum absolute atomic E-state index is 0.116. The lowest BCUT2D eigenvalue weighted by molar-refractivity contribution is 0.601. The van der Waals surface area contributed by atoms with E-state index in [4.69, 9.17) is 23.8 Å². The molecule has 0 heterocycles. The average molecular weight is 384 g/mol. The summed E-state index contributed by atoms with van der Waals surface area (Å²) in [4.78, 5) is 0.116. The third-order valence-electron chi connectivity index (χ3n) is 3.06. The predicted octanol–water partition coefficient (Wildman–Crippen LogP) is 3.84. The van der Waals surface area contributed by atoms with Gasteiger partial charge in [-0.3, -0.25) is 4.72 Å². The van der Waals surface area contributed by atoms with Crippen LogP contribution < -0.4 is 15.4 Å². The zero-order chi connectivity index (χ0) is 17.6. The maximum absolute atomic E-state index is 12.5. The van der Waals surface area contributed by atoms with Crippen molar-refractivity contribution < 1.29 is 8.42 Å². The fourth-order valence-electron chi connectivity index (χ4n) is 1.90. The molecule has 0 radical (unpaired) electrons. The summed E-state index contributed by atoms with van der Waals surface area (Å²) in [6, 6.07) is 13.1. The van der Waals surface area contributed by atoms with Gasteiger partial charge in [0, 0.05) is 12.2 Å². The minimum atomic E-state index is -3.75. The molecule has 5 nitrogen and oxygen atoms in total. The molecule has 8 heteroatoms. The van der Waals surface area contributed by atoms with E-state index < -0.39 is 10.0 Å². The Morgan fingerprint density at radius 3 is 2.62 bits per heavy atom. The Bertz CT molecular complexity index is 826. The molecule has 0 unspecified atom stereocenters. The Morgan fingerprint density at radius 1 is 1.17 bits per heavy atom. The van der Waals surface area contributed by atoms with Crippen LogP contribution in [0, 0.1) is 0 Å². The summed E-state index contributed by atoms with van der Waals surface area (Å²) in [5.41, 5.74) is 0.920. The fourth-order valence-corrected chi connectivity index (χ4v) is 3.49. The predicted molar refractivity (Wildman–Crippen MR) is 103 cm³/mol. The smallest absolute Gasteiger partial charge is 0.262 e.